The van der Waals surface area contributed by atoms with Crippen LogP contribution in [0.15, 0.2) is 24.3 Å². The summed E-state index contributed by atoms with van der Waals surface area (Å²) in [6.07, 6.45) is 0. The van der Waals surface area contributed by atoms with E-state index in [4.69, 9.17) is 19.7 Å². The molecular weight excluding hydrogens is 232 g/mol. The first-order chi connectivity index (χ1) is 8.38. The van der Waals surface area contributed by atoms with Crippen LogP contribution in [0, 0.1) is 0 Å². The van der Waals surface area contributed by atoms with Gasteiger partial charge in [0.1, 0.15) is 0 Å². The van der Waals surface area contributed by atoms with Crippen LogP contribution >= 0.6 is 0 Å². The van der Waals surface area contributed by atoms with Gasteiger partial charge in [-0.15, -0.1) is 13.2 Å². The van der Waals surface area contributed by atoms with Crippen molar-refractivity contribution in [1.29, 1.82) is 0 Å². The van der Waals surface area contributed by atoms with Crippen molar-refractivity contribution in [3.63, 3.8) is 0 Å². The lowest BCUT2D eigenvalue weighted by Crippen LogP contribution is -2.09. The van der Waals surface area contributed by atoms with Crippen molar-refractivity contribution in [2.24, 2.45) is 0 Å². The van der Waals surface area contributed by atoms with E-state index in [9.17, 15) is 0 Å². The molecule has 0 radical (unpaired) electrons. The molecular formula is C14H30O4. The molecule has 0 rings (SSSR count). The van der Waals surface area contributed by atoms with Crippen molar-refractivity contribution in [1.82, 2.24) is 0 Å². The maximum atomic E-state index is 8.26. The van der Waals surface area contributed by atoms with Gasteiger partial charge in [0.25, 0.3) is 0 Å². The number of allylic oxidation sites excluding steroid dienone is 2. The molecule has 0 aliphatic rings. The van der Waals surface area contributed by atoms with Gasteiger partial charge in [0.05, 0.1) is 39.6 Å². The Bertz CT molecular complexity index is 151. The fourth-order valence-corrected chi connectivity index (χ4v) is 0.451. The van der Waals surface area contributed by atoms with E-state index >= 15 is 0 Å². The zero-order valence-corrected chi connectivity index (χ0v) is 12.4. The van der Waals surface area contributed by atoms with Gasteiger partial charge in [0.15, 0.2) is 0 Å². The second-order valence-electron chi connectivity index (χ2n) is 4.09. The molecule has 0 saturated heterocycles. The van der Waals surface area contributed by atoms with Gasteiger partial charge in [-0.2, -0.15) is 0 Å². The predicted octanol–water partition coefficient (Wildman–Crippen LogP) is 2.17. The number of hydrogen-bond acceptors (Lipinski definition) is 4. The molecule has 0 aromatic rings. The molecule has 4 nitrogen and oxygen atoms in total. The molecule has 0 fully saturated rings. The molecule has 0 aliphatic carbocycles. The third-order valence-electron chi connectivity index (χ3n) is 0.843. The first-order valence-corrected chi connectivity index (χ1v) is 5.99. The Morgan fingerprint density at radius 1 is 0.722 bits per heavy atom. The summed E-state index contributed by atoms with van der Waals surface area (Å²) in [7, 11) is 0. The molecule has 0 unspecified atom stereocenters. The van der Waals surface area contributed by atoms with Crippen molar-refractivity contribution in [3.8, 4) is 0 Å². The Hall–Kier alpha value is -0.680. The lowest BCUT2D eigenvalue weighted by atomic mass is 10.4. The minimum absolute atomic E-state index is 0.0417. The van der Waals surface area contributed by atoms with Crippen molar-refractivity contribution in [2.75, 3.05) is 39.6 Å². The van der Waals surface area contributed by atoms with E-state index in [1.807, 2.05) is 27.7 Å². The number of aliphatic hydroxyl groups is 2. The van der Waals surface area contributed by atoms with E-state index in [0.717, 1.165) is 0 Å². The molecule has 0 atom stereocenters. The summed E-state index contributed by atoms with van der Waals surface area (Å²) < 4.78 is 9.75. The van der Waals surface area contributed by atoms with Gasteiger partial charge in [-0.25, -0.2) is 0 Å². The molecule has 0 bridgehead atoms. The topological polar surface area (TPSA) is 58.9 Å². The van der Waals surface area contributed by atoms with Gasteiger partial charge in [0.2, 0.25) is 0 Å². The van der Waals surface area contributed by atoms with Crippen LogP contribution in [0.3, 0.4) is 0 Å². The van der Waals surface area contributed by atoms with E-state index in [2.05, 4.69) is 13.2 Å². The van der Waals surface area contributed by atoms with Crippen LogP contribution in [0.25, 0.3) is 0 Å². The Morgan fingerprint density at radius 2 is 0.944 bits per heavy atom. The van der Waals surface area contributed by atoms with E-state index in [1.54, 1.807) is 0 Å². The smallest absolute Gasteiger partial charge is 0.0701 e. The molecule has 2 N–H and O–H groups in total. The Labute approximate surface area is 112 Å². The summed E-state index contributed by atoms with van der Waals surface area (Å²) in [5.41, 5.74) is 2.33. The maximum absolute atomic E-state index is 8.26. The van der Waals surface area contributed by atoms with Gasteiger partial charge in [-0.1, -0.05) is 11.1 Å². The third kappa shape index (κ3) is 78.7. The molecule has 0 amide bonds. The van der Waals surface area contributed by atoms with Gasteiger partial charge >= 0.3 is 0 Å². The van der Waals surface area contributed by atoms with Crippen LogP contribution in [0.5, 0.6) is 0 Å². The minimum atomic E-state index is 0.0417. The molecule has 0 saturated carbocycles. The summed E-state index contributed by atoms with van der Waals surface area (Å²) >= 11 is 0. The number of ether oxygens (including phenoxy) is 2. The SMILES string of the molecule is C=C(C)C.C=C(C)C.OCCOCCOCCO. The third-order valence-corrected chi connectivity index (χ3v) is 0.843. The Morgan fingerprint density at radius 3 is 1.11 bits per heavy atom. The number of hydrogen-bond donors (Lipinski definition) is 2. The molecule has 4 heteroatoms. The Balaban J connectivity index is -0.000000233. The van der Waals surface area contributed by atoms with E-state index in [0.29, 0.717) is 26.4 Å². The van der Waals surface area contributed by atoms with Crippen LogP contribution in [0.2, 0.25) is 0 Å². The maximum Gasteiger partial charge on any atom is 0.0701 e. The number of rotatable bonds is 7. The van der Waals surface area contributed by atoms with Crippen molar-refractivity contribution >= 4 is 0 Å². The highest BCUT2D eigenvalue weighted by molar-refractivity contribution is 4.79. The molecule has 0 spiro atoms. The summed E-state index contributed by atoms with van der Waals surface area (Å²) in [6, 6.07) is 0. The van der Waals surface area contributed by atoms with Crippen molar-refractivity contribution < 1.29 is 19.7 Å². The highest BCUT2D eigenvalue weighted by Crippen LogP contribution is 1.76. The highest BCUT2D eigenvalue weighted by Gasteiger charge is 1.86. The molecule has 0 aromatic heterocycles. The van der Waals surface area contributed by atoms with Gasteiger partial charge in [0, 0.05) is 0 Å². The van der Waals surface area contributed by atoms with Crippen LogP contribution in [-0.4, -0.2) is 49.9 Å². The molecule has 0 aromatic carbocycles. The lowest BCUT2D eigenvalue weighted by Gasteiger charge is -2.01. The highest BCUT2D eigenvalue weighted by atomic mass is 16.5. The summed E-state index contributed by atoms with van der Waals surface area (Å²) in [5, 5.41) is 16.5. The average Bonchev–Trinajstić information content (AvgIpc) is 2.22. The first-order valence-electron chi connectivity index (χ1n) is 5.99. The fourth-order valence-electron chi connectivity index (χ4n) is 0.451. The van der Waals surface area contributed by atoms with Crippen LogP contribution < -0.4 is 0 Å². The average molecular weight is 262 g/mol. The fraction of sp³-hybridized carbons (Fsp3) is 0.714. The van der Waals surface area contributed by atoms with Gasteiger partial charge < -0.3 is 19.7 Å². The van der Waals surface area contributed by atoms with Crippen LogP contribution in [0.1, 0.15) is 27.7 Å². The second-order valence-corrected chi connectivity index (χ2v) is 4.09. The zero-order valence-electron chi connectivity index (χ0n) is 12.4. The quantitative estimate of drug-likeness (QED) is 0.545. The predicted molar refractivity (Wildman–Crippen MR) is 76.8 cm³/mol. The summed E-state index contributed by atoms with van der Waals surface area (Å²) in [5.74, 6) is 0. The zero-order chi connectivity index (χ0) is 14.8. The van der Waals surface area contributed by atoms with Crippen LogP contribution in [0.4, 0.5) is 0 Å². The summed E-state index contributed by atoms with van der Waals surface area (Å²) in [6.45, 7) is 16.7. The molecule has 0 aliphatic heterocycles. The standard InChI is InChI=1S/C6H14O4.2C4H8/c7-1-3-9-5-6-10-4-2-8;2*1-4(2)3/h7-8H,1-6H2;2*1H2,2-3H3. The Kier molecular flexibility index (Phi) is 27.0. The minimum Gasteiger partial charge on any atom is -0.394 e. The largest absolute Gasteiger partial charge is 0.394 e. The lowest BCUT2D eigenvalue weighted by molar-refractivity contribution is 0.0222. The molecule has 18 heavy (non-hydrogen) atoms. The molecule has 0 heterocycles. The van der Waals surface area contributed by atoms with Gasteiger partial charge in [-0.05, 0) is 27.7 Å². The molecule has 110 valence electrons. The normalized spacial score (nSPS) is 8.56. The van der Waals surface area contributed by atoms with Crippen LogP contribution in [-0.2, 0) is 9.47 Å². The monoisotopic (exact) mass is 262 g/mol. The van der Waals surface area contributed by atoms with Crippen molar-refractivity contribution in [2.45, 2.75) is 27.7 Å². The number of aliphatic hydroxyl groups excluding tert-OH is 2. The second kappa shape index (κ2) is 21.6. The van der Waals surface area contributed by atoms with E-state index in [-0.39, 0.29) is 13.2 Å². The first kappa shape index (κ1) is 22.5. The van der Waals surface area contributed by atoms with E-state index < -0.39 is 0 Å². The van der Waals surface area contributed by atoms with Gasteiger partial charge in [-0.3, -0.25) is 0 Å². The van der Waals surface area contributed by atoms with Crippen molar-refractivity contribution in [3.05, 3.63) is 24.3 Å². The summed E-state index contributed by atoms with van der Waals surface area (Å²) in [4.78, 5) is 0. The van der Waals surface area contributed by atoms with E-state index in [1.165, 1.54) is 11.1 Å².